The maximum absolute atomic E-state index is 13.5. The molecule has 2 amide bonds. The summed E-state index contributed by atoms with van der Waals surface area (Å²) >= 11 is 0. The fraction of sp³-hybridized carbons (Fsp3) is 0.364. The van der Waals surface area contributed by atoms with Crippen LogP contribution >= 0.6 is 0 Å². The predicted molar refractivity (Wildman–Crippen MR) is 110 cm³/mol. The summed E-state index contributed by atoms with van der Waals surface area (Å²) in [4.78, 5) is 37.9. The van der Waals surface area contributed by atoms with Crippen LogP contribution in [0.25, 0.3) is 0 Å². The van der Waals surface area contributed by atoms with Gasteiger partial charge < -0.3 is 20.3 Å². The van der Waals surface area contributed by atoms with Gasteiger partial charge in [-0.2, -0.15) is 5.26 Å². The highest BCUT2D eigenvalue weighted by Gasteiger charge is 2.35. The number of amides is 2. The number of carbonyl (C=O) groups is 3. The molecule has 1 aliphatic rings. The van der Waals surface area contributed by atoms with Gasteiger partial charge in [-0.3, -0.25) is 14.4 Å². The lowest BCUT2D eigenvalue weighted by molar-refractivity contribution is -0.118. The molecule has 1 saturated carbocycles. The summed E-state index contributed by atoms with van der Waals surface area (Å²) in [6, 6.07) is 6.12. The summed E-state index contributed by atoms with van der Waals surface area (Å²) in [5.74, 6) is -2.86. The highest BCUT2D eigenvalue weighted by atomic mass is 19.1. The third kappa shape index (κ3) is 4.34. The first kappa shape index (κ1) is 22.2. The molecule has 0 aliphatic heterocycles. The Balaban J connectivity index is 1.79. The molecule has 1 aliphatic carbocycles. The standard InChI is InChI=1S/C22H23FN4O4/c1-11-4-7-18(28)19(11)26-22(31)20(29)15-9-17(27(3)12(15)2)21(30)25-14-5-6-16(23)13(8-14)10-24/h5-6,8-9,11,18-19,28H,4,7H2,1-3H3,(H,25,30)(H,26,31)/t11-,18-,19+/m1/s1. The number of nitrogens with one attached hydrogen (secondary N) is 2. The zero-order chi connectivity index (χ0) is 22.9. The lowest BCUT2D eigenvalue weighted by Gasteiger charge is -2.20. The number of anilines is 1. The predicted octanol–water partition coefficient (Wildman–Crippen LogP) is 2.05. The molecule has 9 heteroatoms. The van der Waals surface area contributed by atoms with Crippen molar-refractivity contribution < 1.29 is 23.9 Å². The van der Waals surface area contributed by atoms with Gasteiger partial charge in [0.2, 0.25) is 0 Å². The monoisotopic (exact) mass is 426 g/mol. The molecular weight excluding hydrogens is 403 g/mol. The summed E-state index contributed by atoms with van der Waals surface area (Å²) in [5.41, 5.74) is 0.614. The van der Waals surface area contributed by atoms with Crippen LogP contribution in [0.3, 0.4) is 0 Å². The van der Waals surface area contributed by atoms with Crippen LogP contribution in [0.1, 0.15) is 51.9 Å². The molecule has 2 aromatic rings. The van der Waals surface area contributed by atoms with Crippen molar-refractivity contribution in [2.24, 2.45) is 13.0 Å². The Morgan fingerprint density at radius 1 is 1.26 bits per heavy atom. The van der Waals surface area contributed by atoms with E-state index in [2.05, 4.69) is 10.6 Å². The van der Waals surface area contributed by atoms with Crippen LogP contribution in [0.5, 0.6) is 0 Å². The van der Waals surface area contributed by atoms with E-state index in [0.29, 0.717) is 12.1 Å². The third-order valence-corrected chi connectivity index (χ3v) is 5.81. The quantitative estimate of drug-likeness (QED) is 0.499. The Kier molecular flexibility index (Phi) is 6.22. The molecule has 0 radical (unpaired) electrons. The van der Waals surface area contributed by atoms with E-state index in [-0.39, 0.29) is 28.4 Å². The lowest BCUT2D eigenvalue weighted by Crippen LogP contribution is -2.46. The van der Waals surface area contributed by atoms with Crippen molar-refractivity contribution in [1.82, 2.24) is 9.88 Å². The highest BCUT2D eigenvalue weighted by Crippen LogP contribution is 2.26. The third-order valence-electron chi connectivity index (χ3n) is 5.81. The van der Waals surface area contributed by atoms with Gasteiger partial charge in [-0.1, -0.05) is 6.92 Å². The van der Waals surface area contributed by atoms with Crippen LogP contribution in [0.15, 0.2) is 24.3 Å². The molecule has 1 aromatic heterocycles. The van der Waals surface area contributed by atoms with Crippen LogP contribution < -0.4 is 10.6 Å². The number of aliphatic hydroxyl groups is 1. The fourth-order valence-electron chi connectivity index (χ4n) is 3.78. The molecule has 3 rings (SSSR count). The van der Waals surface area contributed by atoms with E-state index in [1.807, 2.05) is 6.92 Å². The van der Waals surface area contributed by atoms with Crippen molar-refractivity contribution in [3.63, 3.8) is 0 Å². The van der Waals surface area contributed by atoms with Gasteiger partial charge in [0.1, 0.15) is 17.6 Å². The van der Waals surface area contributed by atoms with Crippen molar-refractivity contribution in [2.45, 2.75) is 38.8 Å². The van der Waals surface area contributed by atoms with Crippen molar-refractivity contribution in [3.05, 3.63) is 52.6 Å². The van der Waals surface area contributed by atoms with Crippen LogP contribution in [-0.2, 0) is 11.8 Å². The molecule has 8 nitrogen and oxygen atoms in total. The number of aromatic nitrogens is 1. The minimum atomic E-state index is -0.837. The smallest absolute Gasteiger partial charge is 0.292 e. The number of nitrogens with zero attached hydrogens (tertiary/aromatic N) is 2. The Labute approximate surface area is 178 Å². The minimum Gasteiger partial charge on any atom is -0.391 e. The van der Waals surface area contributed by atoms with Gasteiger partial charge in [-0.25, -0.2) is 4.39 Å². The maximum atomic E-state index is 13.5. The molecule has 162 valence electrons. The van der Waals surface area contributed by atoms with E-state index in [0.717, 1.165) is 12.5 Å². The van der Waals surface area contributed by atoms with E-state index >= 15 is 0 Å². The number of ketones is 1. The molecule has 31 heavy (non-hydrogen) atoms. The number of nitriles is 1. The molecule has 0 saturated heterocycles. The highest BCUT2D eigenvalue weighted by molar-refractivity contribution is 6.43. The van der Waals surface area contributed by atoms with Crippen molar-refractivity contribution >= 4 is 23.3 Å². The first-order valence-electron chi connectivity index (χ1n) is 9.84. The second-order valence-electron chi connectivity index (χ2n) is 7.80. The number of benzene rings is 1. The van der Waals surface area contributed by atoms with Gasteiger partial charge in [0.05, 0.1) is 17.7 Å². The molecule has 3 N–H and O–H groups in total. The fourth-order valence-corrected chi connectivity index (χ4v) is 3.78. The molecule has 1 fully saturated rings. The van der Waals surface area contributed by atoms with Gasteiger partial charge >= 0.3 is 0 Å². The number of rotatable bonds is 5. The van der Waals surface area contributed by atoms with Gasteiger partial charge in [-0.15, -0.1) is 0 Å². The molecule has 0 unspecified atom stereocenters. The van der Waals surface area contributed by atoms with Crippen molar-refractivity contribution in [3.8, 4) is 6.07 Å². The first-order valence-corrected chi connectivity index (χ1v) is 9.84. The second-order valence-corrected chi connectivity index (χ2v) is 7.80. The molecular formula is C22H23FN4O4. The molecule has 0 spiro atoms. The van der Waals surface area contributed by atoms with Gasteiger partial charge in [0, 0.05) is 24.0 Å². The zero-order valence-corrected chi connectivity index (χ0v) is 17.4. The summed E-state index contributed by atoms with van der Waals surface area (Å²) in [5, 5.41) is 24.1. The SMILES string of the molecule is Cc1c(C(=O)C(=O)N[C@H]2[C@H](C)CC[C@H]2O)cc(C(=O)Nc2ccc(F)c(C#N)c2)n1C. The van der Waals surface area contributed by atoms with Gasteiger partial charge in [0.15, 0.2) is 0 Å². The number of hydrogen-bond acceptors (Lipinski definition) is 5. The molecule has 0 bridgehead atoms. The number of Topliss-reactive ketones (excluding diaryl/α,β-unsaturated/α-hetero) is 1. The second kappa shape index (κ2) is 8.70. The Morgan fingerprint density at radius 3 is 2.58 bits per heavy atom. The molecule has 1 aromatic carbocycles. The largest absolute Gasteiger partial charge is 0.391 e. The topological polar surface area (TPSA) is 124 Å². The normalized spacial score (nSPS) is 20.2. The van der Waals surface area contributed by atoms with Gasteiger partial charge in [0.25, 0.3) is 17.6 Å². The lowest BCUT2D eigenvalue weighted by atomic mass is 10.0. The van der Waals surface area contributed by atoms with E-state index in [1.54, 1.807) is 20.0 Å². The zero-order valence-electron chi connectivity index (χ0n) is 17.4. The number of halogens is 1. The molecule has 3 atom stereocenters. The van der Waals surface area contributed by atoms with E-state index in [9.17, 15) is 23.9 Å². The Morgan fingerprint density at radius 2 is 1.97 bits per heavy atom. The average molecular weight is 426 g/mol. The van der Waals surface area contributed by atoms with E-state index < -0.39 is 35.6 Å². The van der Waals surface area contributed by atoms with E-state index in [4.69, 9.17) is 5.26 Å². The van der Waals surface area contributed by atoms with E-state index in [1.165, 1.54) is 22.8 Å². The number of hydrogen-bond donors (Lipinski definition) is 3. The average Bonchev–Trinajstić information content (AvgIpc) is 3.22. The summed E-state index contributed by atoms with van der Waals surface area (Å²) in [6.45, 7) is 3.50. The van der Waals surface area contributed by atoms with Crippen molar-refractivity contribution in [2.75, 3.05) is 5.32 Å². The Bertz CT molecular complexity index is 1090. The summed E-state index contributed by atoms with van der Waals surface area (Å²) in [7, 11) is 1.58. The van der Waals surface area contributed by atoms with Crippen LogP contribution in [0.4, 0.5) is 10.1 Å². The first-order chi connectivity index (χ1) is 14.6. The van der Waals surface area contributed by atoms with Crippen LogP contribution in [0.2, 0.25) is 0 Å². The summed E-state index contributed by atoms with van der Waals surface area (Å²) < 4.78 is 14.9. The summed E-state index contributed by atoms with van der Waals surface area (Å²) in [6.07, 6.45) is 0.622. The number of aliphatic hydroxyl groups excluding tert-OH is 1. The molecule has 1 heterocycles. The van der Waals surface area contributed by atoms with Crippen LogP contribution in [0, 0.1) is 30.0 Å². The van der Waals surface area contributed by atoms with Crippen molar-refractivity contribution in [1.29, 1.82) is 5.26 Å². The minimum absolute atomic E-state index is 0.0546. The van der Waals surface area contributed by atoms with Gasteiger partial charge in [-0.05, 0) is 49.9 Å². The Hall–Kier alpha value is -3.51. The number of carbonyl (C=O) groups excluding carboxylic acids is 3. The van der Waals surface area contributed by atoms with Crippen LogP contribution in [-0.4, -0.2) is 39.4 Å². The maximum Gasteiger partial charge on any atom is 0.292 e.